The van der Waals surface area contributed by atoms with Crippen molar-refractivity contribution in [2.24, 2.45) is 29.6 Å². The maximum absolute atomic E-state index is 13.0. The van der Waals surface area contributed by atoms with Crippen molar-refractivity contribution in [1.82, 2.24) is 0 Å². The molecule has 0 spiro atoms. The number of methoxy groups -OCH3 is 1. The largest absolute Gasteiger partial charge is 0.463 e. The molecule has 2 bridgehead atoms. The molecule has 7 heteroatoms. The van der Waals surface area contributed by atoms with Crippen LogP contribution in [0.3, 0.4) is 0 Å². The van der Waals surface area contributed by atoms with E-state index in [9.17, 15) is 19.2 Å². The second-order valence-electron chi connectivity index (χ2n) is 8.58. The number of fused-ring (bicyclic) bond motifs is 1. The predicted molar refractivity (Wildman–Crippen MR) is 91.3 cm³/mol. The molecular formula is C20H24O7. The van der Waals surface area contributed by atoms with Crippen molar-refractivity contribution in [3.63, 3.8) is 0 Å². The normalized spacial score (nSPS) is 42.0. The molecule has 0 amide bonds. The van der Waals surface area contributed by atoms with Gasteiger partial charge < -0.3 is 14.2 Å². The van der Waals surface area contributed by atoms with Gasteiger partial charge >= 0.3 is 11.9 Å². The van der Waals surface area contributed by atoms with Gasteiger partial charge in [-0.15, -0.1) is 0 Å². The summed E-state index contributed by atoms with van der Waals surface area (Å²) >= 11 is 0. The molecule has 0 N–H and O–H groups in total. The van der Waals surface area contributed by atoms with Crippen molar-refractivity contribution in [3.05, 3.63) is 12.2 Å². The van der Waals surface area contributed by atoms with Gasteiger partial charge in [-0.1, -0.05) is 12.2 Å². The zero-order valence-electron chi connectivity index (χ0n) is 15.7. The number of Topliss-reactive ketones (excluding diaryl/α,β-unsaturated/α-hetero) is 2. The molecular weight excluding hydrogens is 352 g/mol. The molecule has 0 aromatic rings. The molecule has 7 nitrogen and oxygen atoms in total. The first-order valence-corrected chi connectivity index (χ1v) is 9.36. The van der Waals surface area contributed by atoms with Crippen molar-refractivity contribution in [2.75, 3.05) is 7.11 Å². The highest BCUT2D eigenvalue weighted by Crippen LogP contribution is 2.63. The third-order valence-electron chi connectivity index (χ3n) is 6.96. The van der Waals surface area contributed by atoms with Crippen molar-refractivity contribution in [1.29, 1.82) is 0 Å². The summed E-state index contributed by atoms with van der Waals surface area (Å²) in [4.78, 5) is 49.1. The minimum absolute atomic E-state index is 0.0457. The van der Waals surface area contributed by atoms with Crippen LogP contribution in [0.1, 0.15) is 33.1 Å². The van der Waals surface area contributed by atoms with Crippen LogP contribution in [0.15, 0.2) is 12.2 Å². The molecule has 2 saturated carbocycles. The van der Waals surface area contributed by atoms with E-state index in [1.807, 2.05) is 6.92 Å². The summed E-state index contributed by atoms with van der Waals surface area (Å²) in [5, 5.41) is 0. The Morgan fingerprint density at radius 2 is 2.07 bits per heavy atom. The predicted octanol–water partition coefficient (Wildman–Crippen LogP) is 1.24. The number of carbonyl (C=O) groups is 4. The molecule has 4 rings (SSSR count). The Morgan fingerprint density at radius 1 is 1.37 bits per heavy atom. The molecule has 4 fully saturated rings. The summed E-state index contributed by atoms with van der Waals surface area (Å²) in [5.41, 5.74) is 0.143. The van der Waals surface area contributed by atoms with Crippen LogP contribution in [0, 0.1) is 29.6 Å². The summed E-state index contributed by atoms with van der Waals surface area (Å²) < 4.78 is 16.3. The van der Waals surface area contributed by atoms with Crippen LogP contribution in [0.2, 0.25) is 0 Å². The highest BCUT2D eigenvalue weighted by molar-refractivity contribution is 6.33. The lowest BCUT2D eigenvalue weighted by molar-refractivity contribution is -0.152. The molecule has 2 aliphatic carbocycles. The fraction of sp³-hybridized carbons (Fsp3) is 0.700. The number of allylic oxidation sites excluding steroid dienone is 1. The Labute approximate surface area is 157 Å². The Morgan fingerprint density at radius 3 is 2.70 bits per heavy atom. The van der Waals surface area contributed by atoms with E-state index in [0.29, 0.717) is 12.8 Å². The van der Waals surface area contributed by atoms with Gasteiger partial charge in [-0.05, 0) is 26.2 Å². The van der Waals surface area contributed by atoms with Crippen LogP contribution < -0.4 is 0 Å². The minimum Gasteiger partial charge on any atom is -0.463 e. The van der Waals surface area contributed by atoms with Crippen molar-refractivity contribution >= 4 is 23.5 Å². The van der Waals surface area contributed by atoms with E-state index in [1.165, 1.54) is 0 Å². The second kappa shape index (κ2) is 5.99. The third kappa shape index (κ3) is 2.51. The van der Waals surface area contributed by atoms with Gasteiger partial charge in [-0.25, -0.2) is 4.79 Å². The van der Waals surface area contributed by atoms with Crippen LogP contribution in [0.4, 0.5) is 0 Å². The second-order valence-corrected chi connectivity index (χ2v) is 8.58. The first-order valence-electron chi connectivity index (χ1n) is 9.36. The minimum atomic E-state index is -0.898. The zero-order valence-corrected chi connectivity index (χ0v) is 15.7. The monoisotopic (exact) mass is 376 g/mol. The van der Waals surface area contributed by atoms with Crippen molar-refractivity contribution in [2.45, 2.75) is 50.9 Å². The van der Waals surface area contributed by atoms with Gasteiger partial charge in [-0.2, -0.15) is 0 Å². The summed E-state index contributed by atoms with van der Waals surface area (Å²) in [6.45, 7) is 7.64. The Kier molecular flexibility index (Phi) is 4.07. The SMILES string of the molecule is C=C(C)[C@H](CC(=O)C(=O)OC)C[C@H]1[C@H]2C(=O)O[C@H]3C[C@@]4(C)O[C@@H]1C(=O)[C@H]4[C@@H]23. The highest BCUT2D eigenvalue weighted by atomic mass is 16.6. The van der Waals surface area contributed by atoms with E-state index in [0.717, 1.165) is 12.7 Å². The van der Waals surface area contributed by atoms with Crippen molar-refractivity contribution < 1.29 is 33.4 Å². The van der Waals surface area contributed by atoms with E-state index in [1.54, 1.807) is 6.92 Å². The lowest BCUT2D eigenvalue weighted by Gasteiger charge is -2.36. The first-order chi connectivity index (χ1) is 12.7. The van der Waals surface area contributed by atoms with E-state index >= 15 is 0 Å². The Hall–Kier alpha value is -2.02. The molecule has 27 heavy (non-hydrogen) atoms. The lowest BCUT2D eigenvalue weighted by atomic mass is 9.63. The average molecular weight is 376 g/mol. The summed E-state index contributed by atoms with van der Waals surface area (Å²) in [6.07, 6.45) is -0.0614. The van der Waals surface area contributed by atoms with Gasteiger partial charge in [-0.3, -0.25) is 14.4 Å². The number of carbonyl (C=O) groups excluding carboxylic acids is 4. The van der Waals surface area contributed by atoms with Gasteiger partial charge in [0.05, 0.1) is 24.5 Å². The summed E-state index contributed by atoms with van der Waals surface area (Å²) in [7, 11) is 1.16. The van der Waals surface area contributed by atoms with Crippen LogP contribution in [-0.4, -0.2) is 48.4 Å². The molecule has 8 atom stereocenters. The van der Waals surface area contributed by atoms with Gasteiger partial charge in [0.25, 0.3) is 0 Å². The zero-order chi connectivity index (χ0) is 19.7. The van der Waals surface area contributed by atoms with E-state index in [-0.39, 0.29) is 47.9 Å². The molecule has 0 unspecified atom stereocenters. The molecule has 2 saturated heterocycles. The molecule has 2 aliphatic heterocycles. The van der Waals surface area contributed by atoms with Gasteiger partial charge in [0.2, 0.25) is 5.78 Å². The maximum Gasteiger partial charge on any atom is 0.374 e. The maximum atomic E-state index is 13.0. The fourth-order valence-corrected chi connectivity index (χ4v) is 5.79. The summed E-state index contributed by atoms with van der Waals surface area (Å²) in [6, 6.07) is 0. The van der Waals surface area contributed by atoms with Gasteiger partial charge in [0.15, 0.2) is 5.78 Å². The number of ketones is 2. The van der Waals surface area contributed by atoms with E-state index < -0.39 is 29.4 Å². The first kappa shape index (κ1) is 18.3. The van der Waals surface area contributed by atoms with Crippen LogP contribution in [0.25, 0.3) is 0 Å². The average Bonchev–Trinajstić information content (AvgIpc) is 3.11. The van der Waals surface area contributed by atoms with Gasteiger partial charge in [0, 0.05) is 24.7 Å². The molecule has 2 heterocycles. The molecule has 0 radical (unpaired) electrons. The van der Waals surface area contributed by atoms with Crippen LogP contribution in [-0.2, 0) is 33.4 Å². The topological polar surface area (TPSA) is 96.0 Å². The smallest absolute Gasteiger partial charge is 0.374 e. The third-order valence-corrected chi connectivity index (χ3v) is 6.96. The number of hydrogen-bond acceptors (Lipinski definition) is 7. The molecule has 0 aromatic heterocycles. The van der Waals surface area contributed by atoms with E-state index in [2.05, 4.69) is 11.3 Å². The van der Waals surface area contributed by atoms with Gasteiger partial charge in [0.1, 0.15) is 12.2 Å². The van der Waals surface area contributed by atoms with Crippen LogP contribution >= 0.6 is 0 Å². The quantitative estimate of drug-likeness (QED) is 0.391. The Bertz CT molecular complexity index is 755. The Balaban J connectivity index is 1.62. The molecule has 4 aliphatic rings. The lowest BCUT2D eigenvalue weighted by Crippen LogP contribution is -2.47. The number of ether oxygens (including phenoxy) is 3. The van der Waals surface area contributed by atoms with Crippen LogP contribution in [0.5, 0.6) is 0 Å². The number of esters is 2. The molecule has 146 valence electrons. The number of rotatable bonds is 6. The molecule has 0 aromatic carbocycles. The van der Waals surface area contributed by atoms with E-state index in [4.69, 9.17) is 9.47 Å². The standard InChI is InChI=1S/C20H24O7/c1-8(2)9(6-11(21)18(23)25-4)5-10-13-14-12(26-19(13)24)7-20(3)15(14)16(22)17(10)27-20/h9-10,12-15,17H,1,5-7H2,2-4H3/t9-,10-,12-,13+,14+,15+,17-,20+/m0/s1. The van der Waals surface area contributed by atoms with Crippen molar-refractivity contribution in [3.8, 4) is 0 Å². The highest BCUT2D eigenvalue weighted by Gasteiger charge is 2.74. The number of hydrogen-bond donors (Lipinski definition) is 0. The summed E-state index contributed by atoms with van der Waals surface area (Å²) in [5.74, 6) is -3.32. The fourth-order valence-electron chi connectivity index (χ4n) is 5.79.